The number of likely N-dealkylation sites (tertiary alicyclic amines) is 1. The average molecular weight is 543 g/mol. The second-order valence-electron chi connectivity index (χ2n) is 11.1. The molecule has 1 spiro atoms. The zero-order valence-corrected chi connectivity index (χ0v) is 21.9. The Bertz CT molecular complexity index is 998. The van der Waals surface area contributed by atoms with Crippen molar-refractivity contribution < 1.29 is 42.5 Å². The van der Waals surface area contributed by atoms with Gasteiger partial charge in [-0.05, 0) is 63.6 Å². The van der Waals surface area contributed by atoms with E-state index in [1.165, 1.54) is 5.56 Å². The van der Waals surface area contributed by atoms with Crippen molar-refractivity contribution in [1.82, 2.24) is 9.80 Å². The Morgan fingerprint density at radius 1 is 1.05 bits per heavy atom. The number of hydrogen-bond donors (Lipinski definition) is 2. The molecule has 0 aromatic heterocycles. The Labute approximate surface area is 220 Å². The third-order valence-corrected chi connectivity index (χ3v) is 8.58. The summed E-state index contributed by atoms with van der Waals surface area (Å²) in [5.74, 6) is -2.64. The van der Waals surface area contributed by atoms with Gasteiger partial charge in [0.1, 0.15) is 0 Å². The first kappa shape index (κ1) is 29.9. The summed E-state index contributed by atoms with van der Waals surface area (Å²) >= 11 is 0. The highest BCUT2D eigenvalue weighted by Crippen LogP contribution is 2.52. The van der Waals surface area contributed by atoms with E-state index < -0.39 is 36.6 Å². The minimum Gasteiger partial charge on any atom is -0.481 e. The van der Waals surface area contributed by atoms with Crippen LogP contribution in [0.25, 0.3) is 0 Å². The first-order chi connectivity index (χ1) is 17.8. The van der Waals surface area contributed by atoms with E-state index in [2.05, 4.69) is 48.0 Å². The fraction of sp³-hybridized carbons (Fsp3) is 0.667. The zero-order chi connectivity index (χ0) is 28.2. The van der Waals surface area contributed by atoms with E-state index in [1.807, 2.05) is 6.07 Å². The van der Waals surface area contributed by atoms with Crippen LogP contribution in [0.3, 0.4) is 0 Å². The molecule has 2 saturated heterocycles. The molecule has 2 heterocycles. The molecule has 11 heteroatoms. The van der Waals surface area contributed by atoms with Crippen LogP contribution in [0.15, 0.2) is 30.3 Å². The van der Waals surface area contributed by atoms with Crippen molar-refractivity contribution in [3.63, 3.8) is 0 Å². The van der Waals surface area contributed by atoms with Gasteiger partial charge in [0, 0.05) is 25.0 Å². The van der Waals surface area contributed by atoms with Gasteiger partial charge in [0.15, 0.2) is 6.67 Å². The number of hydrogen-bond acceptors (Lipinski definition) is 5. The molecule has 212 valence electrons. The van der Waals surface area contributed by atoms with E-state index >= 15 is 0 Å². The smallest absolute Gasteiger partial charge is 0.356 e. The van der Waals surface area contributed by atoms with Crippen molar-refractivity contribution in [3.8, 4) is 0 Å². The van der Waals surface area contributed by atoms with Crippen LogP contribution < -0.4 is 0 Å². The van der Waals surface area contributed by atoms with Gasteiger partial charge in [0.05, 0.1) is 18.4 Å². The molecule has 1 saturated carbocycles. The molecule has 1 unspecified atom stereocenters. The molecule has 1 amide bonds. The Morgan fingerprint density at radius 3 is 2.16 bits per heavy atom. The van der Waals surface area contributed by atoms with Crippen LogP contribution in [0, 0.1) is 10.8 Å². The number of benzene rings is 1. The topological polar surface area (TPSA) is 107 Å². The lowest BCUT2D eigenvalue weighted by molar-refractivity contribution is -0.283. The predicted octanol–water partition coefficient (Wildman–Crippen LogP) is 4.14. The molecular weight excluding hydrogens is 505 g/mol. The third-order valence-electron chi connectivity index (χ3n) is 8.58. The maximum Gasteiger partial charge on any atom is 0.356 e. The number of carbonyl (C=O) groups is 3. The molecule has 8 nitrogen and oxygen atoms in total. The first-order valence-corrected chi connectivity index (χ1v) is 12.8. The van der Waals surface area contributed by atoms with Crippen LogP contribution in [0.1, 0.15) is 56.9 Å². The van der Waals surface area contributed by atoms with Crippen LogP contribution in [-0.2, 0) is 24.7 Å². The largest absolute Gasteiger partial charge is 0.481 e. The van der Waals surface area contributed by atoms with Crippen molar-refractivity contribution in [2.75, 3.05) is 40.5 Å². The van der Waals surface area contributed by atoms with E-state index in [-0.39, 0.29) is 42.9 Å². The van der Waals surface area contributed by atoms with Gasteiger partial charge in [-0.15, -0.1) is 0 Å². The van der Waals surface area contributed by atoms with Crippen LogP contribution in [-0.4, -0.2) is 84.4 Å². The van der Waals surface area contributed by atoms with Gasteiger partial charge in [-0.1, -0.05) is 30.3 Å². The summed E-state index contributed by atoms with van der Waals surface area (Å²) in [6.45, 7) is -0.795. The van der Waals surface area contributed by atoms with E-state index in [0.29, 0.717) is 13.0 Å². The number of carbonyl (C=O) groups excluding carboxylic acids is 1. The molecule has 2 aliphatic heterocycles. The average Bonchev–Trinajstić information content (AvgIpc) is 3.18. The Morgan fingerprint density at radius 2 is 1.66 bits per heavy atom. The second-order valence-corrected chi connectivity index (χ2v) is 11.1. The fourth-order valence-corrected chi connectivity index (χ4v) is 6.24. The molecule has 1 aromatic carbocycles. The molecule has 38 heavy (non-hydrogen) atoms. The number of carboxylic acids is 2. The van der Waals surface area contributed by atoms with Gasteiger partial charge < -0.3 is 19.8 Å². The fourth-order valence-electron chi connectivity index (χ4n) is 6.24. The molecule has 0 bridgehead atoms. The third kappa shape index (κ3) is 6.48. The minimum absolute atomic E-state index is 0.00595. The molecule has 1 aliphatic carbocycles. The van der Waals surface area contributed by atoms with Crippen molar-refractivity contribution >= 4 is 17.8 Å². The van der Waals surface area contributed by atoms with Crippen LogP contribution in [0.4, 0.5) is 13.2 Å². The molecule has 1 aromatic rings. The lowest BCUT2D eigenvalue weighted by atomic mass is 9.64. The lowest BCUT2D eigenvalue weighted by Gasteiger charge is -2.49. The summed E-state index contributed by atoms with van der Waals surface area (Å²) in [7, 11) is 4.21. The zero-order valence-electron chi connectivity index (χ0n) is 21.9. The molecule has 4 rings (SSSR count). The summed E-state index contributed by atoms with van der Waals surface area (Å²) in [5, 5.41) is 17.1. The quantitative estimate of drug-likeness (QED) is 0.533. The maximum absolute atomic E-state index is 13.8. The highest BCUT2D eigenvalue weighted by atomic mass is 19.3. The standard InChI is InChI=1S/C25H34F2N2O4.C2H3FO2/c1-28(2)24(19-6-4-3-5-7-19)10-8-22(9-11-24)16-20(30)29(18-22)14-12-23(21(31)32)13-15-33-25(26,27)17-23;3-1-2(4)5/h3-7H,8-18H2,1-2H3,(H,31,32);1H2,(H,4,5). The monoisotopic (exact) mass is 542 g/mol. The first-order valence-electron chi connectivity index (χ1n) is 12.8. The van der Waals surface area contributed by atoms with Crippen molar-refractivity contribution in [2.45, 2.75) is 63.0 Å². The lowest BCUT2D eigenvalue weighted by Crippen LogP contribution is -2.48. The normalized spacial score (nSPS) is 30.7. The highest BCUT2D eigenvalue weighted by molar-refractivity contribution is 5.80. The number of amides is 1. The highest BCUT2D eigenvalue weighted by Gasteiger charge is 2.53. The molecule has 0 radical (unpaired) electrons. The van der Waals surface area contributed by atoms with Crippen molar-refractivity contribution in [1.29, 1.82) is 0 Å². The number of aliphatic carboxylic acids is 2. The van der Waals surface area contributed by atoms with E-state index in [1.54, 1.807) is 4.90 Å². The van der Waals surface area contributed by atoms with Crippen molar-refractivity contribution in [3.05, 3.63) is 35.9 Å². The van der Waals surface area contributed by atoms with E-state index in [0.717, 1.165) is 25.7 Å². The van der Waals surface area contributed by atoms with Crippen LogP contribution >= 0.6 is 0 Å². The van der Waals surface area contributed by atoms with Gasteiger partial charge in [-0.3, -0.25) is 14.5 Å². The Hall–Kier alpha value is -2.66. The minimum atomic E-state index is -3.44. The molecule has 3 fully saturated rings. The molecule has 3 aliphatic rings. The number of ether oxygens (including phenoxy) is 1. The summed E-state index contributed by atoms with van der Waals surface area (Å²) in [6, 6.07) is 10.5. The number of alkyl halides is 3. The predicted molar refractivity (Wildman–Crippen MR) is 132 cm³/mol. The summed E-state index contributed by atoms with van der Waals surface area (Å²) in [6.07, 6.45) is -0.0980. The summed E-state index contributed by atoms with van der Waals surface area (Å²) in [5.41, 5.74) is -0.460. The van der Waals surface area contributed by atoms with Gasteiger partial charge >= 0.3 is 18.0 Å². The van der Waals surface area contributed by atoms with E-state index in [9.17, 15) is 27.9 Å². The SMILES string of the molecule is CN(C)C1(c2ccccc2)CCC2(CC1)CC(=O)N(CCC1(C(=O)O)CCOC(F)(F)C1)C2.O=C(O)CF. The second kappa shape index (κ2) is 11.6. The number of halogens is 3. The van der Waals surface area contributed by atoms with Gasteiger partial charge in [-0.2, -0.15) is 8.78 Å². The van der Waals surface area contributed by atoms with Gasteiger partial charge in [0.2, 0.25) is 5.91 Å². The number of nitrogens with zero attached hydrogens (tertiary/aromatic N) is 2. The molecular formula is C27H37F3N2O6. The van der Waals surface area contributed by atoms with Crippen molar-refractivity contribution in [2.24, 2.45) is 10.8 Å². The number of rotatable bonds is 7. The summed E-state index contributed by atoms with van der Waals surface area (Å²) in [4.78, 5) is 37.8. The Balaban J connectivity index is 0.000000732. The molecule has 2 N–H and O–H groups in total. The van der Waals surface area contributed by atoms with Crippen LogP contribution in [0.2, 0.25) is 0 Å². The number of carboxylic acid groups (broad SMARTS) is 2. The Kier molecular flexibility index (Phi) is 9.13. The maximum atomic E-state index is 13.8. The summed E-state index contributed by atoms with van der Waals surface area (Å²) < 4.78 is 42.6. The van der Waals surface area contributed by atoms with Gasteiger partial charge in [0.25, 0.3) is 0 Å². The van der Waals surface area contributed by atoms with Crippen LogP contribution in [0.5, 0.6) is 0 Å². The molecule has 1 atom stereocenters. The van der Waals surface area contributed by atoms with E-state index in [4.69, 9.17) is 9.90 Å². The van der Waals surface area contributed by atoms with Gasteiger partial charge in [-0.25, -0.2) is 9.18 Å².